The first-order valence-corrected chi connectivity index (χ1v) is 21.9. The van der Waals surface area contributed by atoms with Crippen LogP contribution in [0, 0.1) is 0 Å². The Hall–Kier alpha value is -1.88. The summed E-state index contributed by atoms with van der Waals surface area (Å²) in [6, 6.07) is 0. The van der Waals surface area contributed by atoms with Crippen LogP contribution in [0.5, 0.6) is 0 Å². The molecule has 0 radical (unpaired) electrons. The molecule has 5 heteroatoms. The summed E-state index contributed by atoms with van der Waals surface area (Å²) in [5.41, 5.74) is 1.25. The number of ether oxygens (including phenoxy) is 2. The zero-order valence-electron chi connectivity index (χ0n) is 34.7. The highest BCUT2D eigenvalue weighted by atomic mass is 16.5. The molecule has 0 N–H and O–H groups in total. The zero-order chi connectivity index (χ0) is 37.5. The Balaban J connectivity index is 4.24. The van der Waals surface area contributed by atoms with Crippen LogP contribution >= 0.6 is 0 Å². The first-order valence-electron chi connectivity index (χ1n) is 21.9. The number of carbonyl (C=O) groups excluding carboxylic acids is 2. The molecule has 0 aliphatic carbocycles. The number of esters is 2. The number of allylic oxidation sites excluding steroid dienone is 5. The Morgan fingerprint density at radius 2 is 1.08 bits per heavy atom. The molecular formula is C46H85NO4. The number of nitrogens with zero attached hydrogens (tertiary/aromatic N) is 1. The standard InChI is InChI=1S/C46H85NO4/c1-6-9-11-13-15-16-17-18-19-20-21-22-23-24-27-31-37-44(51-45(48)39-34-40-47(4)5)38-32-28-25-29-33-41-50-46(49)42-43(35-8-3)36-30-26-14-12-10-7-2/h15-16,18-19,42,44H,6-14,17,20-41H2,1-5H3/b16-15-,19-18-,43-42+. The van der Waals surface area contributed by atoms with Crippen molar-refractivity contribution in [3.8, 4) is 0 Å². The van der Waals surface area contributed by atoms with E-state index >= 15 is 0 Å². The lowest BCUT2D eigenvalue weighted by molar-refractivity contribution is -0.150. The lowest BCUT2D eigenvalue weighted by atomic mass is 10.0. The molecule has 0 aromatic carbocycles. The quantitative estimate of drug-likeness (QED) is 0.0276. The highest BCUT2D eigenvalue weighted by Gasteiger charge is 2.14. The average Bonchev–Trinajstić information content (AvgIpc) is 3.10. The van der Waals surface area contributed by atoms with Crippen molar-refractivity contribution >= 4 is 11.9 Å². The van der Waals surface area contributed by atoms with E-state index in [-0.39, 0.29) is 18.0 Å². The fourth-order valence-corrected chi connectivity index (χ4v) is 6.52. The zero-order valence-corrected chi connectivity index (χ0v) is 34.7. The van der Waals surface area contributed by atoms with Gasteiger partial charge in [-0.1, -0.05) is 147 Å². The minimum Gasteiger partial charge on any atom is -0.463 e. The van der Waals surface area contributed by atoms with E-state index in [0.717, 1.165) is 90.0 Å². The molecule has 0 aromatic rings. The summed E-state index contributed by atoms with van der Waals surface area (Å²) in [5.74, 6) is -0.199. The normalized spacial score (nSPS) is 12.8. The van der Waals surface area contributed by atoms with Crippen LogP contribution < -0.4 is 0 Å². The van der Waals surface area contributed by atoms with Crippen LogP contribution in [-0.2, 0) is 19.1 Å². The van der Waals surface area contributed by atoms with E-state index in [1.807, 2.05) is 14.1 Å². The number of unbranched alkanes of at least 4 members (excludes halogenated alkanes) is 18. The highest BCUT2D eigenvalue weighted by molar-refractivity contribution is 5.82. The van der Waals surface area contributed by atoms with E-state index in [0.29, 0.717) is 13.0 Å². The van der Waals surface area contributed by atoms with Gasteiger partial charge in [0.25, 0.3) is 0 Å². The van der Waals surface area contributed by atoms with Gasteiger partial charge in [0.05, 0.1) is 6.61 Å². The fourth-order valence-electron chi connectivity index (χ4n) is 6.52. The number of rotatable bonds is 38. The molecule has 0 heterocycles. The van der Waals surface area contributed by atoms with Gasteiger partial charge in [-0.05, 0) is 111 Å². The van der Waals surface area contributed by atoms with E-state index in [1.165, 1.54) is 108 Å². The molecule has 0 aliphatic rings. The maximum absolute atomic E-state index is 12.6. The lowest BCUT2D eigenvalue weighted by Crippen LogP contribution is -2.20. The third kappa shape index (κ3) is 37.7. The van der Waals surface area contributed by atoms with Crippen molar-refractivity contribution in [1.82, 2.24) is 4.90 Å². The average molecular weight is 716 g/mol. The first-order chi connectivity index (χ1) is 24.9. The Kier molecular flexibility index (Phi) is 37.9. The van der Waals surface area contributed by atoms with Gasteiger partial charge in [0, 0.05) is 12.5 Å². The Morgan fingerprint density at radius 3 is 1.69 bits per heavy atom. The monoisotopic (exact) mass is 716 g/mol. The van der Waals surface area contributed by atoms with Crippen molar-refractivity contribution in [2.24, 2.45) is 0 Å². The molecule has 5 nitrogen and oxygen atoms in total. The van der Waals surface area contributed by atoms with Crippen LogP contribution in [0.15, 0.2) is 36.0 Å². The van der Waals surface area contributed by atoms with Gasteiger partial charge in [-0.2, -0.15) is 0 Å². The summed E-state index contributed by atoms with van der Waals surface area (Å²) in [6.07, 6.45) is 45.4. The largest absolute Gasteiger partial charge is 0.463 e. The van der Waals surface area contributed by atoms with Crippen molar-refractivity contribution in [1.29, 1.82) is 0 Å². The van der Waals surface area contributed by atoms with Crippen molar-refractivity contribution in [3.63, 3.8) is 0 Å². The summed E-state index contributed by atoms with van der Waals surface area (Å²) in [7, 11) is 4.09. The molecule has 0 saturated heterocycles. The van der Waals surface area contributed by atoms with Crippen molar-refractivity contribution in [3.05, 3.63) is 36.0 Å². The van der Waals surface area contributed by atoms with Crippen molar-refractivity contribution in [2.75, 3.05) is 27.2 Å². The van der Waals surface area contributed by atoms with Crippen LogP contribution in [0.2, 0.25) is 0 Å². The van der Waals surface area contributed by atoms with Gasteiger partial charge in [-0.25, -0.2) is 4.79 Å². The van der Waals surface area contributed by atoms with E-state index in [4.69, 9.17) is 9.47 Å². The second-order valence-corrected chi connectivity index (χ2v) is 15.2. The maximum Gasteiger partial charge on any atom is 0.330 e. The van der Waals surface area contributed by atoms with Gasteiger partial charge < -0.3 is 14.4 Å². The van der Waals surface area contributed by atoms with Gasteiger partial charge in [-0.15, -0.1) is 0 Å². The smallest absolute Gasteiger partial charge is 0.330 e. The summed E-state index contributed by atoms with van der Waals surface area (Å²) < 4.78 is 11.5. The Morgan fingerprint density at radius 1 is 0.549 bits per heavy atom. The molecule has 0 aliphatic heterocycles. The van der Waals surface area contributed by atoms with E-state index in [2.05, 4.69) is 50.0 Å². The summed E-state index contributed by atoms with van der Waals surface area (Å²) in [5, 5.41) is 0. The third-order valence-corrected chi connectivity index (χ3v) is 9.67. The summed E-state index contributed by atoms with van der Waals surface area (Å²) in [4.78, 5) is 27.1. The predicted molar refractivity (Wildman–Crippen MR) is 221 cm³/mol. The minimum atomic E-state index is -0.163. The molecule has 298 valence electrons. The lowest BCUT2D eigenvalue weighted by Gasteiger charge is -2.18. The maximum atomic E-state index is 12.6. The molecule has 0 aromatic heterocycles. The summed E-state index contributed by atoms with van der Waals surface area (Å²) in [6.45, 7) is 8.10. The highest BCUT2D eigenvalue weighted by Crippen LogP contribution is 2.19. The molecule has 0 saturated carbocycles. The van der Waals surface area contributed by atoms with E-state index < -0.39 is 0 Å². The van der Waals surface area contributed by atoms with Crippen LogP contribution in [0.25, 0.3) is 0 Å². The van der Waals surface area contributed by atoms with E-state index in [1.54, 1.807) is 6.08 Å². The van der Waals surface area contributed by atoms with E-state index in [9.17, 15) is 9.59 Å². The van der Waals surface area contributed by atoms with Crippen LogP contribution in [0.4, 0.5) is 0 Å². The van der Waals surface area contributed by atoms with Crippen molar-refractivity contribution in [2.45, 2.75) is 219 Å². The van der Waals surface area contributed by atoms with Crippen LogP contribution in [-0.4, -0.2) is 50.2 Å². The molecule has 0 fully saturated rings. The fraction of sp³-hybridized carbons (Fsp3) is 0.826. The van der Waals surface area contributed by atoms with Gasteiger partial charge in [-0.3, -0.25) is 4.79 Å². The summed E-state index contributed by atoms with van der Waals surface area (Å²) >= 11 is 0. The van der Waals surface area contributed by atoms with Crippen LogP contribution in [0.1, 0.15) is 213 Å². The second kappa shape index (κ2) is 39.3. The number of hydrogen-bond acceptors (Lipinski definition) is 5. The van der Waals surface area contributed by atoms with Crippen LogP contribution in [0.3, 0.4) is 0 Å². The van der Waals surface area contributed by atoms with Crippen molar-refractivity contribution < 1.29 is 19.1 Å². The molecule has 0 bridgehead atoms. The molecule has 1 atom stereocenters. The van der Waals surface area contributed by atoms with Gasteiger partial charge in [0.1, 0.15) is 6.10 Å². The van der Waals surface area contributed by atoms with Gasteiger partial charge >= 0.3 is 11.9 Å². The van der Waals surface area contributed by atoms with Gasteiger partial charge in [0.2, 0.25) is 0 Å². The molecule has 0 rings (SSSR count). The molecular weight excluding hydrogens is 631 g/mol. The second-order valence-electron chi connectivity index (χ2n) is 15.2. The predicted octanol–water partition coefficient (Wildman–Crippen LogP) is 13.8. The topological polar surface area (TPSA) is 55.8 Å². The minimum absolute atomic E-state index is 0.0354. The number of carbonyl (C=O) groups is 2. The van der Waals surface area contributed by atoms with Gasteiger partial charge in [0.15, 0.2) is 0 Å². The molecule has 0 amide bonds. The Labute approximate surface area is 317 Å². The SMILES string of the molecule is CCCCC/C=C\C/C=C\CCCCCCCCC(CCCCCCCOC(=O)/C=C(\CCC)CCCCCCCC)OC(=O)CCCN(C)C. The number of hydrogen-bond donors (Lipinski definition) is 0. The third-order valence-electron chi connectivity index (χ3n) is 9.67. The molecule has 51 heavy (non-hydrogen) atoms. The molecule has 1 unspecified atom stereocenters. The molecule has 0 spiro atoms. The Bertz CT molecular complexity index is 861. The first kappa shape index (κ1) is 49.1.